The minimum Gasteiger partial charge on any atom is -0.493 e. The van der Waals surface area contributed by atoms with Crippen molar-refractivity contribution < 1.29 is 18.9 Å². The summed E-state index contributed by atoms with van der Waals surface area (Å²) in [5, 5.41) is 0. The molecule has 0 fully saturated rings. The molecule has 0 saturated carbocycles. The molecule has 1 aliphatic carbocycles. The van der Waals surface area contributed by atoms with E-state index in [1.807, 2.05) is 48.5 Å². The fourth-order valence-electron chi connectivity index (χ4n) is 7.01. The minimum atomic E-state index is 0.531. The predicted octanol–water partition coefficient (Wildman–Crippen LogP) is 9.41. The molecule has 8 bridgehead atoms. The van der Waals surface area contributed by atoms with E-state index < -0.39 is 0 Å². The second kappa shape index (κ2) is 18.7. The van der Waals surface area contributed by atoms with Crippen LogP contribution in [0.2, 0.25) is 0 Å². The lowest BCUT2D eigenvalue weighted by Crippen LogP contribution is -2.12. The van der Waals surface area contributed by atoms with Gasteiger partial charge < -0.3 is 41.9 Å². The van der Waals surface area contributed by atoms with E-state index in [0.29, 0.717) is 74.9 Å². The molecule has 0 saturated heterocycles. The van der Waals surface area contributed by atoms with Crippen LogP contribution in [0.4, 0.5) is 22.7 Å². The first kappa shape index (κ1) is 38.5. The van der Waals surface area contributed by atoms with Crippen LogP contribution in [0.15, 0.2) is 48.5 Å². The highest BCUT2D eigenvalue weighted by molar-refractivity contribution is 5.64. The Morgan fingerprint density at radius 1 is 0.346 bits per heavy atom. The number of nitrogen functional groups attached to an aromatic ring is 4. The zero-order chi connectivity index (χ0) is 37.0. The summed E-state index contributed by atoms with van der Waals surface area (Å²) in [6.07, 6.45) is 9.98. The molecule has 8 nitrogen and oxygen atoms in total. The topological polar surface area (TPSA) is 141 Å². The van der Waals surface area contributed by atoms with Gasteiger partial charge in [-0.05, 0) is 74.2 Å². The number of nitrogens with two attached hydrogens (primary N) is 4. The molecule has 0 amide bonds. The number of hydrogen-bond donors (Lipinski definition) is 4. The smallest absolute Gasteiger partial charge is 0.126 e. The number of rotatable bonds is 16. The summed E-state index contributed by atoms with van der Waals surface area (Å²) in [5.74, 6) is 3.36. The lowest BCUT2D eigenvalue weighted by Gasteiger charge is -2.24. The molecule has 4 aromatic carbocycles. The van der Waals surface area contributed by atoms with Crippen molar-refractivity contribution in [3.8, 4) is 23.0 Å². The van der Waals surface area contributed by atoms with Gasteiger partial charge in [0.25, 0.3) is 0 Å². The quantitative estimate of drug-likeness (QED) is 0.0587. The van der Waals surface area contributed by atoms with Crippen LogP contribution in [-0.2, 0) is 25.7 Å². The summed E-state index contributed by atoms with van der Waals surface area (Å²) in [6.45, 7) is 11.1. The number of hydrogen-bond acceptors (Lipinski definition) is 8. The van der Waals surface area contributed by atoms with Gasteiger partial charge in [-0.15, -0.1) is 0 Å². The maximum atomic E-state index is 6.69. The normalized spacial score (nSPS) is 12.4. The van der Waals surface area contributed by atoms with Crippen molar-refractivity contribution in [2.75, 3.05) is 49.4 Å². The van der Waals surface area contributed by atoms with E-state index in [-0.39, 0.29) is 0 Å². The molecule has 0 aromatic heterocycles. The fraction of sp³-hybridized carbons (Fsp3) is 0.455. The van der Waals surface area contributed by atoms with Gasteiger partial charge in [0, 0.05) is 92.9 Å². The SMILES string of the molecule is CCCCOc1c2cc(N)cc1Cc1cc(N)cc(c1OCCCC)Cc1cc(N)cc(c1OCCCC)Cc1cc(N)cc(c1OCCCC)C2. The Kier molecular flexibility index (Phi) is 13.8. The molecule has 0 unspecified atom stereocenters. The third-order valence-corrected chi connectivity index (χ3v) is 9.56. The van der Waals surface area contributed by atoms with E-state index in [9.17, 15) is 0 Å². The van der Waals surface area contributed by atoms with Gasteiger partial charge in [0.1, 0.15) is 23.0 Å². The van der Waals surface area contributed by atoms with Crippen LogP contribution in [0.25, 0.3) is 0 Å². The number of unbranched alkanes of at least 4 members (excludes halogenated alkanes) is 4. The molecule has 4 aromatic rings. The highest BCUT2D eigenvalue weighted by Crippen LogP contribution is 2.41. The second-order valence-corrected chi connectivity index (χ2v) is 14.2. The molecular weight excluding hydrogens is 649 g/mol. The zero-order valence-electron chi connectivity index (χ0n) is 31.9. The highest BCUT2D eigenvalue weighted by atomic mass is 16.5. The van der Waals surface area contributed by atoms with E-state index in [1.165, 1.54) is 0 Å². The highest BCUT2D eigenvalue weighted by Gasteiger charge is 2.24. The Bertz CT molecular complexity index is 1450. The predicted molar refractivity (Wildman–Crippen MR) is 216 cm³/mol. The van der Waals surface area contributed by atoms with Gasteiger partial charge in [-0.1, -0.05) is 53.4 Å². The van der Waals surface area contributed by atoms with Gasteiger partial charge in [0.15, 0.2) is 0 Å². The van der Waals surface area contributed by atoms with Crippen LogP contribution in [0.1, 0.15) is 124 Å². The molecule has 52 heavy (non-hydrogen) atoms. The van der Waals surface area contributed by atoms with E-state index in [2.05, 4.69) is 27.7 Å². The van der Waals surface area contributed by atoms with E-state index >= 15 is 0 Å². The lowest BCUT2D eigenvalue weighted by atomic mass is 9.90. The number of benzene rings is 4. The Labute approximate surface area is 311 Å². The summed E-state index contributed by atoms with van der Waals surface area (Å²) in [6, 6.07) is 16.2. The summed E-state index contributed by atoms with van der Waals surface area (Å²) in [4.78, 5) is 0. The first-order valence-corrected chi connectivity index (χ1v) is 19.4. The van der Waals surface area contributed by atoms with Crippen molar-refractivity contribution in [1.29, 1.82) is 0 Å². The van der Waals surface area contributed by atoms with Gasteiger partial charge in [0.2, 0.25) is 0 Å². The molecule has 8 heteroatoms. The largest absolute Gasteiger partial charge is 0.493 e. The van der Waals surface area contributed by atoms with Crippen molar-refractivity contribution in [2.45, 2.75) is 105 Å². The summed E-state index contributed by atoms with van der Waals surface area (Å²) in [7, 11) is 0. The van der Waals surface area contributed by atoms with E-state index in [4.69, 9.17) is 41.9 Å². The van der Waals surface area contributed by atoms with E-state index in [1.54, 1.807) is 0 Å². The monoisotopic (exact) mass is 708 g/mol. The van der Waals surface area contributed by atoms with Crippen molar-refractivity contribution in [3.63, 3.8) is 0 Å². The van der Waals surface area contributed by atoms with Crippen molar-refractivity contribution >= 4 is 22.7 Å². The van der Waals surface area contributed by atoms with Gasteiger partial charge in [-0.25, -0.2) is 0 Å². The average molecular weight is 709 g/mol. The van der Waals surface area contributed by atoms with Crippen molar-refractivity contribution in [3.05, 3.63) is 93.0 Å². The van der Waals surface area contributed by atoms with Gasteiger partial charge in [0.05, 0.1) is 26.4 Å². The molecule has 0 aliphatic heterocycles. The Morgan fingerprint density at radius 3 is 0.673 bits per heavy atom. The van der Waals surface area contributed by atoms with Crippen LogP contribution in [-0.4, -0.2) is 26.4 Å². The number of ether oxygens (including phenoxy) is 4. The van der Waals surface area contributed by atoms with E-state index in [0.717, 1.165) is 119 Å². The van der Waals surface area contributed by atoms with Crippen LogP contribution in [0.3, 0.4) is 0 Å². The van der Waals surface area contributed by atoms with Gasteiger partial charge in [-0.2, -0.15) is 0 Å². The molecule has 0 atom stereocenters. The molecular formula is C44H60N4O4. The number of anilines is 4. The molecule has 280 valence electrons. The molecule has 1 aliphatic rings. The second-order valence-electron chi connectivity index (χ2n) is 14.2. The first-order chi connectivity index (χ1) is 25.2. The maximum Gasteiger partial charge on any atom is 0.126 e. The zero-order valence-corrected chi connectivity index (χ0v) is 31.9. The van der Waals surface area contributed by atoms with Gasteiger partial charge in [-0.3, -0.25) is 0 Å². The lowest BCUT2D eigenvalue weighted by molar-refractivity contribution is 0.297. The fourth-order valence-corrected chi connectivity index (χ4v) is 7.01. The van der Waals surface area contributed by atoms with Gasteiger partial charge >= 0.3 is 0 Å². The summed E-state index contributed by atoms with van der Waals surface area (Å²) < 4.78 is 26.7. The third-order valence-electron chi connectivity index (χ3n) is 9.56. The van der Waals surface area contributed by atoms with Crippen LogP contribution in [0, 0.1) is 0 Å². The van der Waals surface area contributed by atoms with Crippen LogP contribution in [0.5, 0.6) is 23.0 Å². The van der Waals surface area contributed by atoms with Crippen molar-refractivity contribution in [1.82, 2.24) is 0 Å². The summed E-state index contributed by atoms with van der Waals surface area (Å²) >= 11 is 0. The Balaban J connectivity index is 1.81. The molecule has 8 N–H and O–H groups in total. The molecule has 0 radical (unpaired) electrons. The number of fused-ring (bicyclic) bond motifs is 8. The summed E-state index contributed by atoms with van der Waals surface area (Å²) in [5.41, 5.74) is 37.4. The maximum absolute atomic E-state index is 6.69. The van der Waals surface area contributed by atoms with Crippen molar-refractivity contribution in [2.24, 2.45) is 0 Å². The molecule has 0 spiro atoms. The minimum absolute atomic E-state index is 0.531. The molecule has 0 heterocycles. The Morgan fingerprint density at radius 2 is 0.519 bits per heavy atom. The first-order valence-electron chi connectivity index (χ1n) is 19.4. The Hall–Kier alpha value is -4.72. The molecule has 5 rings (SSSR count). The third kappa shape index (κ3) is 9.78. The van der Waals surface area contributed by atoms with Crippen LogP contribution >= 0.6 is 0 Å². The van der Waals surface area contributed by atoms with Crippen LogP contribution < -0.4 is 41.9 Å². The average Bonchev–Trinajstić information content (AvgIpc) is 3.09. The standard InChI is InChI=1S/C44H60N4O4/c1-5-9-13-49-41-29-17-31-23-38(46)25-33(42(31)50-14-10-6-2)19-35-27-40(48)28-36(44(35)52-16-12-8-4)20-34-26-39(47)24-32(43(34)51-15-11-7-3)18-30(41)22-37(45)21-29/h21-28H,5-20,45-48H2,1-4H3.